The molecule has 0 aromatic carbocycles. The van der Waals surface area contributed by atoms with Crippen molar-refractivity contribution in [2.24, 2.45) is 5.41 Å². The molecule has 0 bridgehead atoms. The maximum atomic E-state index is 9.03. The van der Waals surface area contributed by atoms with Crippen molar-refractivity contribution in [1.29, 1.82) is 5.26 Å². The van der Waals surface area contributed by atoms with E-state index in [0.717, 1.165) is 25.9 Å². The number of nitrogens with zero attached hydrogens (tertiary/aromatic N) is 2. The van der Waals surface area contributed by atoms with Gasteiger partial charge in [-0.15, -0.1) is 0 Å². The molecule has 3 heteroatoms. The van der Waals surface area contributed by atoms with E-state index in [2.05, 4.69) is 11.0 Å². The molecule has 92 valence electrons. The number of piperidine rings is 1. The Morgan fingerprint density at radius 2 is 2.19 bits per heavy atom. The number of likely N-dealkylation sites (tertiary alicyclic amines) is 1. The van der Waals surface area contributed by atoms with Crippen LogP contribution in [0, 0.1) is 16.7 Å². The summed E-state index contributed by atoms with van der Waals surface area (Å²) < 4.78 is 0. The van der Waals surface area contributed by atoms with Crippen molar-refractivity contribution in [1.82, 2.24) is 4.90 Å². The van der Waals surface area contributed by atoms with Gasteiger partial charge in [0.05, 0.1) is 11.5 Å². The highest BCUT2D eigenvalue weighted by Crippen LogP contribution is 2.24. The van der Waals surface area contributed by atoms with Gasteiger partial charge in [-0.05, 0) is 52.6 Å². The Morgan fingerprint density at radius 3 is 2.81 bits per heavy atom. The van der Waals surface area contributed by atoms with Crippen molar-refractivity contribution in [2.45, 2.75) is 52.0 Å². The van der Waals surface area contributed by atoms with Gasteiger partial charge in [0.15, 0.2) is 0 Å². The predicted octanol–water partition coefficient (Wildman–Crippen LogP) is 2.16. The van der Waals surface area contributed by atoms with Crippen LogP contribution < -0.4 is 0 Å². The van der Waals surface area contributed by atoms with Gasteiger partial charge in [0.25, 0.3) is 0 Å². The van der Waals surface area contributed by atoms with Crippen LogP contribution in [0.5, 0.6) is 0 Å². The fraction of sp³-hybridized carbons (Fsp3) is 0.923. The maximum Gasteiger partial charge on any atom is 0.0684 e. The lowest BCUT2D eigenvalue weighted by Crippen LogP contribution is -2.41. The molecule has 0 aromatic heterocycles. The van der Waals surface area contributed by atoms with E-state index in [1.54, 1.807) is 0 Å². The minimum absolute atomic E-state index is 0.221. The summed E-state index contributed by atoms with van der Waals surface area (Å²) in [6.07, 6.45) is 5.55. The quantitative estimate of drug-likeness (QED) is 0.778. The summed E-state index contributed by atoms with van der Waals surface area (Å²) in [7, 11) is 0. The lowest BCUT2D eigenvalue weighted by Gasteiger charge is -2.36. The molecule has 3 nitrogen and oxygen atoms in total. The van der Waals surface area contributed by atoms with Crippen molar-refractivity contribution in [3.8, 4) is 6.07 Å². The van der Waals surface area contributed by atoms with Crippen LogP contribution in [-0.4, -0.2) is 35.7 Å². The minimum atomic E-state index is -0.221. The van der Waals surface area contributed by atoms with Crippen molar-refractivity contribution < 1.29 is 5.11 Å². The number of hydrogen-bond donors (Lipinski definition) is 1. The van der Waals surface area contributed by atoms with E-state index in [9.17, 15) is 0 Å². The molecule has 1 rings (SSSR count). The highest BCUT2D eigenvalue weighted by Gasteiger charge is 2.24. The second-order valence-corrected chi connectivity index (χ2v) is 5.44. The summed E-state index contributed by atoms with van der Waals surface area (Å²) in [6, 6.07) is 2.89. The SMILES string of the molecule is CC(C)(C#N)CCN1CCCCC1CCO. The molecule has 1 heterocycles. The standard InChI is InChI=1S/C13H24N2O/c1-13(2,11-14)7-9-15-8-4-3-5-12(15)6-10-16/h12,16H,3-10H2,1-2H3. The zero-order valence-corrected chi connectivity index (χ0v) is 10.6. The normalized spacial score (nSPS) is 23.0. The molecule has 1 atom stereocenters. The van der Waals surface area contributed by atoms with Crippen molar-refractivity contribution >= 4 is 0 Å². The van der Waals surface area contributed by atoms with Gasteiger partial charge in [0.2, 0.25) is 0 Å². The summed E-state index contributed by atoms with van der Waals surface area (Å²) >= 11 is 0. The largest absolute Gasteiger partial charge is 0.396 e. The first kappa shape index (κ1) is 13.5. The molecule has 0 aliphatic carbocycles. The minimum Gasteiger partial charge on any atom is -0.396 e. The second kappa shape index (κ2) is 6.22. The van der Waals surface area contributed by atoms with E-state index < -0.39 is 0 Å². The summed E-state index contributed by atoms with van der Waals surface area (Å²) in [4.78, 5) is 2.46. The average Bonchev–Trinajstić information content (AvgIpc) is 2.28. The molecule has 1 aliphatic rings. The van der Waals surface area contributed by atoms with Crippen molar-refractivity contribution in [2.75, 3.05) is 19.7 Å². The van der Waals surface area contributed by atoms with Gasteiger partial charge < -0.3 is 10.0 Å². The van der Waals surface area contributed by atoms with Crippen LogP contribution in [0.15, 0.2) is 0 Å². The van der Waals surface area contributed by atoms with Gasteiger partial charge in [-0.3, -0.25) is 0 Å². The molecule has 0 spiro atoms. The van der Waals surface area contributed by atoms with E-state index in [-0.39, 0.29) is 12.0 Å². The monoisotopic (exact) mass is 224 g/mol. The molecule has 0 saturated carbocycles. The molecule has 0 aromatic rings. The Bertz CT molecular complexity index is 243. The molecular weight excluding hydrogens is 200 g/mol. The highest BCUT2D eigenvalue weighted by molar-refractivity contribution is 4.92. The Kier molecular flexibility index (Phi) is 5.24. The lowest BCUT2D eigenvalue weighted by atomic mass is 9.90. The van der Waals surface area contributed by atoms with E-state index in [1.807, 2.05) is 13.8 Å². The zero-order chi connectivity index (χ0) is 12.0. The summed E-state index contributed by atoms with van der Waals surface area (Å²) in [6.45, 7) is 6.40. The molecule has 0 amide bonds. The van der Waals surface area contributed by atoms with Crippen LogP contribution in [0.2, 0.25) is 0 Å². The van der Waals surface area contributed by atoms with Crippen molar-refractivity contribution in [3.05, 3.63) is 0 Å². The topological polar surface area (TPSA) is 47.3 Å². The van der Waals surface area contributed by atoms with Crippen LogP contribution in [-0.2, 0) is 0 Å². The fourth-order valence-electron chi connectivity index (χ4n) is 2.31. The molecule has 0 radical (unpaired) electrons. The Labute approximate surface area is 99.1 Å². The van der Waals surface area contributed by atoms with E-state index >= 15 is 0 Å². The zero-order valence-electron chi connectivity index (χ0n) is 10.6. The summed E-state index contributed by atoms with van der Waals surface area (Å²) in [5, 5.41) is 18.0. The van der Waals surface area contributed by atoms with Gasteiger partial charge >= 0.3 is 0 Å². The molecule has 1 fully saturated rings. The van der Waals surface area contributed by atoms with Crippen LogP contribution in [0.25, 0.3) is 0 Å². The smallest absolute Gasteiger partial charge is 0.0684 e. The number of aliphatic hydroxyl groups excluding tert-OH is 1. The Morgan fingerprint density at radius 1 is 1.44 bits per heavy atom. The third-order valence-corrected chi connectivity index (χ3v) is 3.54. The second-order valence-electron chi connectivity index (χ2n) is 5.44. The lowest BCUT2D eigenvalue weighted by molar-refractivity contribution is 0.110. The van der Waals surface area contributed by atoms with E-state index in [1.165, 1.54) is 19.3 Å². The highest BCUT2D eigenvalue weighted by atomic mass is 16.3. The number of rotatable bonds is 5. The van der Waals surface area contributed by atoms with Crippen LogP contribution in [0.1, 0.15) is 46.0 Å². The van der Waals surface area contributed by atoms with Crippen LogP contribution in [0.4, 0.5) is 0 Å². The third kappa shape index (κ3) is 4.11. The fourth-order valence-corrected chi connectivity index (χ4v) is 2.31. The van der Waals surface area contributed by atoms with Gasteiger partial charge in [0, 0.05) is 12.6 Å². The predicted molar refractivity (Wildman–Crippen MR) is 64.9 cm³/mol. The average molecular weight is 224 g/mol. The first-order valence-corrected chi connectivity index (χ1v) is 6.35. The molecule has 1 unspecified atom stereocenters. The van der Waals surface area contributed by atoms with Crippen LogP contribution in [0.3, 0.4) is 0 Å². The van der Waals surface area contributed by atoms with E-state index in [0.29, 0.717) is 6.04 Å². The summed E-state index contributed by atoms with van der Waals surface area (Å²) in [5.41, 5.74) is -0.221. The first-order valence-electron chi connectivity index (χ1n) is 6.35. The molecule has 1 aliphatic heterocycles. The molecule has 1 saturated heterocycles. The van der Waals surface area contributed by atoms with Crippen molar-refractivity contribution in [3.63, 3.8) is 0 Å². The molecular formula is C13H24N2O. The first-order chi connectivity index (χ1) is 7.59. The Balaban J connectivity index is 2.41. The van der Waals surface area contributed by atoms with Gasteiger partial charge in [-0.1, -0.05) is 6.42 Å². The van der Waals surface area contributed by atoms with Crippen LogP contribution >= 0.6 is 0 Å². The molecule has 16 heavy (non-hydrogen) atoms. The third-order valence-electron chi connectivity index (χ3n) is 3.54. The van der Waals surface area contributed by atoms with Gasteiger partial charge in [-0.2, -0.15) is 5.26 Å². The maximum absolute atomic E-state index is 9.03. The number of aliphatic hydroxyl groups is 1. The number of hydrogen-bond acceptors (Lipinski definition) is 3. The Hall–Kier alpha value is -0.590. The van der Waals surface area contributed by atoms with Gasteiger partial charge in [-0.25, -0.2) is 0 Å². The van der Waals surface area contributed by atoms with Gasteiger partial charge in [0.1, 0.15) is 0 Å². The molecule has 1 N–H and O–H groups in total. The summed E-state index contributed by atoms with van der Waals surface area (Å²) in [5.74, 6) is 0. The number of nitriles is 1. The van der Waals surface area contributed by atoms with E-state index in [4.69, 9.17) is 10.4 Å².